The number of hydrogen-bond donors (Lipinski definition) is 2. The van der Waals surface area contributed by atoms with E-state index in [-0.39, 0.29) is 12.0 Å². The van der Waals surface area contributed by atoms with Gasteiger partial charge in [-0.3, -0.25) is 9.48 Å². The second-order valence-corrected chi connectivity index (χ2v) is 6.65. The highest BCUT2D eigenvalue weighted by Crippen LogP contribution is 2.27. The van der Waals surface area contributed by atoms with Crippen LogP contribution < -0.4 is 10.6 Å². The molecule has 1 amide bonds. The fraction of sp³-hybridized carbons (Fsp3) is 0.444. The van der Waals surface area contributed by atoms with Crippen LogP contribution in [0.1, 0.15) is 24.5 Å². The Morgan fingerprint density at radius 1 is 1.40 bits per heavy atom. The maximum Gasteiger partial charge on any atom is 0.248 e. The van der Waals surface area contributed by atoms with Crippen LogP contribution in [-0.4, -0.2) is 42.4 Å². The van der Waals surface area contributed by atoms with Gasteiger partial charge in [-0.1, -0.05) is 23.7 Å². The SMILES string of the molecule is COC(CNC(=O)C1(n2cccn2)CCNCC1)c1ccc(Cl)cc1. The number of rotatable bonds is 6. The number of amides is 1. The van der Waals surface area contributed by atoms with E-state index < -0.39 is 5.54 Å². The van der Waals surface area contributed by atoms with Gasteiger partial charge in [0.1, 0.15) is 5.54 Å². The summed E-state index contributed by atoms with van der Waals surface area (Å²) >= 11 is 5.94. The quantitative estimate of drug-likeness (QED) is 0.826. The minimum atomic E-state index is -0.646. The molecule has 1 saturated heterocycles. The van der Waals surface area contributed by atoms with E-state index in [4.69, 9.17) is 16.3 Å². The second-order valence-electron chi connectivity index (χ2n) is 6.22. The molecule has 2 aromatic rings. The van der Waals surface area contributed by atoms with Gasteiger partial charge in [0, 0.05) is 31.1 Å². The molecule has 1 atom stereocenters. The van der Waals surface area contributed by atoms with Crippen molar-refractivity contribution in [3.8, 4) is 0 Å². The van der Waals surface area contributed by atoms with Crippen molar-refractivity contribution in [2.45, 2.75) is 24.5 Å². The van der Waals surface area contributed by atoms with Crippen LogP contribution in [0.3, 0.4) is 0 Å². The first-order chi connectivity index (χ1) is 12.2. The third-order valence-electron chi connectivity index (χ3n) is 4.77. The van der Waals surface area contributed by atoms with Crippen LogP contribution in [0.2, 0.25) is 5.02 Å². The molecule has 1 aromatic heterocycles. The smallest absolute Gasteiger partial charge is 0.248 e. The Hall–Kier alpha value is -1.89. The van der Waals surface area contributed by atoms with Crippen molar-refractivity contribution in [3.63, 3.8) is 0 Å². The van der Waals surface area contributed by atoms with Crippen molar-refractivity contribution >= 4 is 17.5 Å². The minimum absolute atomic E-state index is 0.0197. The number of nitrogens with one attached hydrogen (secondary N) is 2. The summed E-state index contributed by atoms with van der Waals surface area (Å²) < 4.78 is 7.33. The van der Waals surface area contributed by atoms with Crippen LogP contribution in [0, 0.1) is 0 Å². The molecule has 2 heterocycles. The van der Waals surface area contributed by atoms with Crippen LogP contribution >= 0.6 is 11.6 Å². The Bertz CT molecular complexity index is 682. The molecule has 0 aliphatic carbocycles. The van der Waals surface area contributed by atoms with Crippen LogP contribution in [0.5, 0.6) is 0 Å². The van der Waals surface area contributed by atoms with Gasteiger partial charge < -0.3 is 15.4 Å². The molecule has 134 valence electrons. The summed E-state index contributed by atoms with van der Waals surface area (Å²) in [6, 6.07) is 9.32. The number of hydrogen-bond acceptors (Lipinski definition) is 4. The zero-order chi connectivity index (χ0) is 17.7. The Morgan fingerprint density at radius 3 is 2.72 bits per heavy atom. The maximum absolute atomic E-state index is 13.0. The van der Waals surface area contributed by atoms with Gasteiger partial charge in [0.15, 0.2) is 0 Å². The topological polar surface area (TPSA) is 68.2 Å². The summed E-state index contributed by atoms with van der Waals surface area (Å²) in [5.74, 6) is -0.0197. The van der Waals surface area contributed by atoms with E-state index in [0.29, 0.717) is 24.4 Å². The number of aromatic nitrogens is 2. The molecule has 0 bridgehead atoms. The molecule has 1 unspecified atom stereocenters. The lowest BCUT2D eigenvalue weighted by Gasteiger charge is -2.36. The van der Waals surface area contributed by atoms with Crippen molar-refractivity contribution in [2.24, 2.45) is 0 Å². The van der Waals surface area contributed by atoms with Gasteiger partial charge in [-0.25, -0.2) is 0 Å². The van der Waals surface area contributed by atoms with Crippen molar-refractivity contribution in [1.29, 1.82) is 0 Å². The normalized spacial score (nSPS) is 17.8. The molecule has 0 saturated carbocycles. The highest BCUT2D eigenvalue weighted by Gasteiger charge is 2.42. The average Bonchev–Trinajstić information content (AvgIpc) is 3.19. The van der Waals surface area contributed by atoms with Gasteiger partial charge in [0.2, 0.25) is 5.91 Å². The molecular weight excluding hydrogens is 340 g/mol. The molecule has 6 nitrogen and oxygen atoms in total. The van der Waals surface area contributed by atoms with E-state index in [1.807, 2.05) is 36.5 Å². The number of nitrogens with zero attached hydrogens (tertiary/aromatic N) is 2. The number of piperidine rings is 1. The monoisotopic (exact) mass is 362 g/mol. The summed E-state index contributed by atoms with van der Waals surface area (Å²) in [7, 11) is 1.64. The van der Waals surface area contributed by atoms with E-state index in [1.165, 1.54) is 0 Å². The fourth-order valence-electron chi connectivity index (χ4n) is 3.29. The van der Waals surface area contributed by atoms with Gasteiger partial charge in [-0.2, -0.15) is 5.10 Å². The fourth-order valence-corrected chi connectivity index (χ4v) is 3.41. The van der Waals surface area contributed by atoms with E-state index in [1.54, 1.807) is 18.0 Å². The summed E-state index contributed by atoms with van der Waals surface area (Å²) in [6.07, 6.45) is 4.76. The summed E-state index contributed by atoms with van der Waals surface area (Å²) in [6.45, 7) is 1.98. The van der Waals surface area contributed by atoms with Crippen LogP contribution in [0.4, 0.5) is 0 Å². The predicted octanol–water partition coefficient (Wildman–Crippen LogP) is 2.12. The van der Waals surface area contributed by atoms with Crippen molar-refractivity contribution in [1.82, 2.24) is 20.4 Å². The first-order valence-corrected chi connectivity index (χ1v) is 8.81. The Morgan fingerprint density at radius 2 is 2.12 bits per heavy atom. The van der Waals surface area contributed by atoms with E-state index >= 15 is 0 Å². The summed E-state index contributed by atoms with van der Waals surface area (Å²) in [4.78, 5) is 13.0. The van der Waals surface area contributed by atoms with Crippen molar-refractivity contribution in [3.05, 3.63) is 53.3 Å². The highest BCUT2D eigenvalue weighted by molar-refractivity contribution is 6.30. The molecule has 1 aliphatic rings. The van der Waals surface area contributed by atoms with Crippen LogP contribution in [-0.2, 0) is 15.1 Å². The number of halogens is 1. The largest absolute Gasteiger partial charge is 0.375 e. The van der Waals surface area contributed by atoms with Gasteiger partial charge in [0.05, 0.1) is 6.10 Å². The predicted molar refractivity (Wildman–Crippen MR) is 96.5 cm³/mol. The molecule has 0 spiro atoms. The van der Waals surface area contributed by atoms with Crippen LogP contribution in [0.25, 0.3) is 0 Å². The van der Waals surface area contributed by atoms with Crippen LogP contribution in [0.15, 0.2) is 42.7 Å². The standard InChI is InChI=1S/C18H23ClN4O2/c1-25-16(14-3-5-15(19)6-4-14)13-21-17(24)18(7-10-20-11-8-18)23-12-2-9-22-23/h2-6,9,12,16,20H,7-8,10-11,13H2,1H3,(H,21,24). The number of benzene rings is 1. The van der Waals surface area contributed by atoms with Gasteiger partial charge in [-0.15, -0.1) is 0 Å². The third kappa shape index (κ3) is 3.86. The van der Waals surface area contributed by atoms with E-state index in [0.717, 1.165) is 18.7 Å². The average molecular weight is 363 g/mol. The summed E-state index contributed by atoms with van der Waals surface area (Å²) in [5, 5.41) is 11.4. The molecule has 1 aromatic carbocycles. The molecular formula is C18H23ClN4O2. The number of carbonyl (C=O) groups excluding carboxylic acids is 1. The maximum atomic E-state index is 13.0. The Labute approximate surface area is 152 Å². The Balaban J connectivity index is 1.72. The summed E-state index contributed by atoms with van der Waals surface area (Å²) in [5.41, 5.74) is 0.332. The third-order valence-corrected chi connectivity index (χ3v) is 5.02. The lowest BCUT2D eigenvalue weighted by Crippen LogP contribution is -2.55. The van der Waals surface area contributed by atoms with Gasteiger partial charge in [0.25, 0.3) is 0 Å². The first-order valence-electron chi connectivity index (χ1n) is 8.43. The molecule has 7 heteroatoms. The lowest BCUT2D eigenvalue weighted by molar-refractivity contribution is -0.132. The second kappa shape index (κ2) is 7.99. The van der Waals surface area contributed by atoms with Gasteiger partial charge in [-0.05, 0) is 49.7 Å². The molecule has 1 aliphatic heterocycles. The first kappa shape index (κ1) is 17.9. The molecule has 25 heavy (non-hydrogen) atoms. The van der Waals surface area contributed by atoms with Crippen molar-refractivity contribution in [2.75, 3.05) is 26.7 Å². The molecule has 1 fully saturated rings. The highest BCUT2D eigenvalue weighted by atomic mass is 35.5. The number of carbonyl (C=O) groups is 1. The van der Waals surface area contributed by atoms with Gasteiger partial charge >= 0.3 is 0 Å². The van der Waals surface area contributed by atoms with E-state index in [2.05, 4.69) is 15.7 Å². The molecule has 3 rings (SSSR count). The zero-order valence-corrected chi connectivity index (χ0v) is 15.0. The number of methoxy groups -OCH3 is 1. The Kier molecular flexibility index (Phi) is 5.73. The minimum Gasteiger partial charge on any atom is -0.375 e. The lowest BCUT2D eigenvalue weighted by atomic mass is 9.87. The zero-order valence-electron chi connectivity index (χ0n) is 14.2. The number of ether oxygens (including phenoxy) is 1. The van der Waals surface area contributed by atoms with E-state index in [9.17, 15) is 4.79 Å². The molecule has 2 N–H and O–H groups in total. The molecule has 0 radical (unpaired) electrons. The van der Waals surface area contributed by atoms with Crippen molar-refractivity contribution < 1.29 is 9.53 Å².